The standard InChI is InChI=1S/C29H32FN7O4.C2H6/c1-18-14-39-9-8-37(18)28(38)21-10-19(30)2-3-24(21)41-27-26(33-17-34-35-27)36-15-29(16-36)11-20(12-29)40-25-5-7-32-23-4-6-31-13-22(23)25;1-2/h2-3,5,7,10,17-18,20,31H,4,6,8-9,11-16H2,1H3;1-2H3. The molecule has 1 aliphatic carbocycles. The Morgan fingerprint density at radius 1 is 1.16 bits per heavy atom. The molecule has 1 aromatic carbocycles. The minimum Gasteiger partial charge on any atom is -0.490 e. The number of aromatic nitrogens is 4. The lowest BCUT2D eigenvalue weighted by Gasteiger charge is -2.58. The number of carbonyl (C=O) groups excluding carboxylic acids is 1. The first-order valence-electron chi connectivity index (χ1n) is 15.1. The van der Waals surface area contributed by atoms with Gasteiger partial charge in [-0.2, -0.15) is 0 Å². The van der Waals surface area contributed by atoms with Crippen molar-refractivity contribution in [2.24, 2.45) is 5.41 Å². The molecule has 12 heteroatoms. The maximum Gasteiger partial charge on any atom is 0.282 e. The van der Waals surface area contributed by atoms with Gasteiger partial charge in [0.05, 0.1) is 24.8 Å². The number of ether oxygens (including phenoxy) is 3. The molecule has 7 rings (SSSR count). The highest BCUT2D eigenvalue weighted by molar-refractivity contribution is 5.97. The van der Waals surface area contributed by atoms with Crippen LogP contribution in [0.3, 0.4) is 0 Å². The molecule has 1 unspecified atom stereocenters. The average Bonchev–Trinajstić information content (AvgIpc) is 3.00. The predicted molar refractivity (Wildman–Crippen MR) is 157 cm³/mol. The summed E-state index contributed by atoms with van der Waals surface area (Å²) in [4.78, 5) is 26.1. The molecule has 3 aromatic rings. The van der Waals surface area contributed by atoms with Gasteiger partial charge in [-0.15, -0.1) is 10.2 Å². The van der Waals surface area contributed by atoms with Gasteiger partial charge in [-0.3, -0.25) is 9.78 Å². The molecule has 2 saturated heterocycles. The maximum atomic E-state index is 14.2. The van der Waals surface area contributed by atoms with Gasteiger partial charge in [0.2, 0.25) is 0 Å². The number of morpholine rings is 1. The second-order valence-corrected chi connectivity index (χ2v) is 11.4. The summed E-state index contributed by atoms with van der Waals surface area (Å²) in [6, 6.07) is 5.75. The van der Waals surface area contributed by atoms with E-state index in [4.69, 9.17) is 14.2 Å². The first-order valence-corrected chi connectivity index (χ1v) is 15.1. The van der Waals surface area contributed by atoms with E-state index in [0.29, 0.717) is 25.6 Å². The van der Waals surface area contributed by atoms with Crippen LogP contribution in [-0.4, -0.2) is 82.5 Å². The quantitative estimate of drug-likeness (QED) is 0.454. The summed E-state index contributed by atoms with van der Waals surface area (Å²) < 4.78 is 32.2. The van der Waals surface area contributed by atoms with Crippen molar-refractivity contribution in [1.29, 1.82) is 0 Å². The summed E-state index contributed by atoms with van der Waals surface area (Å²) in [5, 5.41) is 11.5. The number of hydrogen-bond acceptors (Lipinski definition) is 10. The third-order valence-electron chi connectivity index (χ3n) is 8.49. The lowest BCUT2D eigenvalue weighted by atomic mass is 9.61. The van der Waals surface area contributed by atoms with Gasteiger partial charge in [0.15, 0.2) is 5.82 Å². The number of fused-ring (bicyclic) bond motifs is 1. The lowest BCUT2D eigenvalue weighted by molar-refractivity contribution is -0.0350. The molecule has 43 heavy (non-hydrogen) atoms. The smallest absolute Gasteiger partial charge is 0.282 e. The number of benzene rings is 1. The van der Waals surface area contributed by atoms with Gasteiger partial charge in [-0.1, -0.05) is 13.8 Å². The highest BCUT2D eigenvalue weighted by atomic mass is 19.1. The van der Waals surface area contributed by atoms with Crippen LogP contribution in [0.15, 0.2) is 36.8 Å². The summed E-state index contributed by atoms with van der Waals surface area (Å²) in [6.45, 7) is 10.5. The van der Waals surface area contributed by atoms with Gasteiger partial charge < -0.3 is 29.3 Å². The minimum atomic E-state index is -0.519. The Balaban J connectivity index is 0.00000161. The third kappa shape index (κ3) is 5.85. The van der Waals surface area contributed by atoms with Gasteiger partial charge in [0, 0.05) is 62.0 Å². The summed E-state index contributed by atoms with van der Waals surface area (Å²) >= 11 is 0. The van der Waals surface area contributed by atoms with Crippen molar-refractivity contribution in [3.63, 3.8) is 0 Å². The molecule has 1 spiro atoms. The molecule has 3 aliphatic heterocycles. The molecule has 228 valence electrons. The first kappa shape index (κ1) is 29.2. The Morgan fingerprint density at radius 2 is 2.00 bits per heavy atom. The Bertz CT molecular complexity index is 1460. The highest BCUT2D eigenvalue weighted by Gasteiger charge is 2.54. The summed E-state index contributed by atoms with van der Waals surface area (Å²) in [7, 11) is 0. The van der Waals surface area contributed by atoms with E-state index in [-0.39, 0.29) is 40.7 Å². The number of nitrogens with zero attached hydrogens (tertiary/aromatic N) is 6. The fraction of sp³-hybridized carbons (Fsp3) is 0.516. The summed E-state index contributed by atoms with van der Waals surface area (Å²) in [6.07, 6.45) is 6.22. The van der Waals surface area contributed by atoms with Crippen LogP contribution in [0, 0.1) is 11.2 Å². The number of carbonyl (C=O) groups is 1. The van der Waals surface area contributed by atoms with Gasteiger partial charge in [-0.25, -0.2) is 9.37 Å². The van der Waals surface area contributed by atoms with Gasteiger partial charge in [0.1, 0.15) is 29.7 Å². The molecule has 2 aromatic heterocycles. The first-order chi connectivity index (χ1) is 21.0. The topological polar surface area (TPSA) is 115 Å². The van der Waals surface area contributed by atoms with E-state index in [1.54, 1.807) is 4.90 Å². The van der Waals surface area contributed by atoms with Crippen LogP contribution in [0.5, 0.6) is 17.4 Å². The second kappa shape index (κ2) is 12.4. The predicted octanol–water partition coefficient (Wildman–Crippen LogP) is 3.78. The maximum absolute atomic E-state index is 14.2. The molecule has 0 bridgehead atoms. The van der Waals surface area contributed by atoms with Gasteiger partial charge in [-0.05, 0) is 44.0 Å². The third-order valence-corrected chi connectivity index (χ3v) is 8.49. The normalized spacial score (nSPS) is 20.7. The van der Waals surface area contributed by atoms with Crippen molar-refractivity contribution in [3.8, 4) is 17.4 Å². The molecule has 0 radical (unpaired) electrons. The average molecular weight is 592 g/mol. The van der Waals surface area contributed by atoms with Crippen LogP contribution in [0.25, 0.3) is 0 Å². The number of amides is 1. The van der Waals surface area contributed by atoms with Crippen molar-refractivity contribution in [3.05, 3.63) is 59.4 Å². The number of hydrogen-bond donors (Lipinski definition) is 1. The summed E-state index contributed by atoms with van der Waals surface area (Å²) in [5.74, 6) is 1.04. The van der Waals surface area contributed by atoms with Crippen LogP contribution < -0.4 is 19.7 Å². The second-order valence-electron chi connectivity index (χ2n) is 11.4. The van der Waals surface area contributed by atoms with E-state index >= 15 is 0 Å². The molecule has 4 aliphatic rings. The van der Waals surface area contributed by atoms with Crippen LogP contribution >= 0.6 is 0 Å². The zero-order valence-electron chi connectivity index (χ0n) is 24.9. The summed E-state index contributed by atoms with van der Waals surface area (Å²) in [5.41, 5.74) is 2.58. The van der Waals surface area contributed by atoms with E-state index in [0.717, 1.165) is 56.9 Å². The zero-order chi connectivity index (χ0) is 30.0. The molecule has 5 heterocycles. The van der Waals surface area contributed by atoms with Crippen LogP contribution in [0.2, 0.25) is 0 Å². The molecule has 3 fully saturated rings. The lowest BCUT2D eigenvalue weighted by Crippen LogP contribution is -2.65. The van der Waals surface area contributed by atoms with E-state index in [1.807, 2.05) is 33.0 Å². The van der Waals surface area contributed by atoms with E-state index < -0.39 is 5.82 Å². The fourth-order valence-electron chi connectivity index (χ4n) is 6.38. The Labute approximate surface area is 250 Å². The highest BCUT2D eigenvalue weighted by Crippen LogP contribution is 2.52. The van der Waals surface area contributed by atoms with Crippen LogP contribution in [0.4, 0.5) is 10.2 Å². The number of anilines is 1. The van der Waals surface area contributed by atoms with Crippen molar-refractivity contribution in [1.82, 2.24) is 30.4 Å². The van der Waals surface area contributed by atoms with Crippen molar-refractivity contribution >= 4 is 11.7 Å². The molecule has 11 nitrogen and oxygen atoms in total. The van der Waals surface area contributed by atoms with Crippen LogP contribution in [0.1, 0.15) is 55.2 Å². The molecular weight excluding hydrogens is 553 g/mol. The monoisotopic (exact) mass is 591 g/mol. The van der Waals surface area contributed by atoms with Crippen LogP contribution in [-0.2, 0) is 17.7 Å². The van der Waals surface area contributed by atoms with E-state index in [1.165, 1.54) is 30.1 Å². The molecule has 1 N–H and O–H groups in total. The Morgan fingerprint density at radius 3 is 2.81 bits per heavy atom. The zero-order valence-corrected chi connectivity index (χ0v) is 24.9. The van der Waals surface area contributed by atoms with E-state index in [2.05, 4.69) is 30.4 Å². The SMILES string of the molecule is CC.CC1COCCN1C(=O)c1cc(F)ccc1Oc1nncnc1N1CC2(CC(Oc3ccnc4c3CNCC4)C2)C1. The Hall–Kier alpha value is -3.90. The van der Waals surface area contributed by atoms with Crippen molar-refractivity contribution in [2.75, 3.05) is 44.3 Å². The molecule has 1 amide bonds. The van der Waals surface area contributed by atoms with E-state index in [9.17, 15) is 9.18 Å². The molecular formula is C31H38FN7O4. The number of halogens is 1. The van der Waals surface area contributed by atoms with Crippen molar-refractivity contribution < 1.29 is 23.4 Å². The molecule has 1 saturated carbocycles. The Kier molecular flexibility index (Phi) is 8.40. The fourth-order valence-corrected chi connectivity index (χ4v) is 6.38. The number of rotatable bonds is 6. The molecule has 1 atom stereocenters. The van der Waals surface area contributed by atoms with Gasteiger partial charge in [0.25, 0.3) is 11.8 Å². The van der Waals surface area contributed by atoms with Crippen molar-refractivity contribution in [2.45, 2.75) is 58.7 Å². The minimum absolute atomic E-state index is 0.128. The number of pyridine rings is 1. The largest absolute Gasteiger partial charge is 0.490 e. The number of nitrogens with one attached hydrogen (secondary N) is 1. The van der Waals surface area contributed by atoms with Gasteiger partial charge >= 0.3 is 0 Å².